The first-order valence-electron chi connectivity index (χ1n) is 8.05. The minimum absolute atomic E-state index is 0.00106. The van der Waals surface area contributed by atoms with E-state index in [2.05, 4.69) is 18.8 Å². The molecule has 22 heavy (non-hydrogen) atoms. The van der Waals surface area contributed by atoms with Crippen molar-refractivity contribution in [3.8, 4) is 0 Å². The zero-order valence-electron chi connectivity index (χ0n) is 13.3. The Kier molecular flexibility index (Phi) is 6.01. The minimum Gasteiger partial charge on any atom is -0.391 e. The van der Waals surface area contributed by atoms with E-state index in [4.69, 9.17) is 0 Å². The third-order valence-electron chi connectivity index (χ3n) is 4.01. The maximum absolute atomic E-state index is 12.5. The zero-order chi connectivity index (χ0) is 15.9. The van der Waals surface area contributed by atoms with Crippen LogP contribution < -0.4 is 5.32 Å². The molecule has 0 saturated carbocycles. The first-order valence-corrected chi connectivity index (χ1v) is 8.05. The molecule has 4 heteroatoms. The number of amides is 1. The second kappa shape index (κ2) is 7.99. The summed E-state index contributed by atoms with van der Waals surface area (Å²) in [5, 5.41) is 13.1. The lowest BCUT2D eigenvalue weighted by Gasteiger charge is -2.30. The lowest BCUT2D eigenvalue weighted by Crippen LogP contribution is -2.42. The maximum Gasteiger partial charge on any atom is 0.254 e. The van der Waals surface area contributed by atoms with Crippen LogP contribution in [0.2, 0.25) is 0 Å². The van der Waals surface area contributed by atoms with Crippen LogP contribution in [0.15, 0.2) is 36.9 Å². The van der Waals surface area contributed by atoms with Crippen LogP contribution in [0.1, 0.15) is 43.0 Å². The monoisotopic (exact) mass is 302 g/mol. The number of rotatable bonds is 6. The minimum atomic E-state index is -0.391. The molecule has 1 aliphatic heterocycles. The van der Waals surface area contributed by atoms with Crippen LogP contribution in [0.3, 0.4) is 0 Å². The van der Waals surface area contributed by atoms with Gasteiger partial charge in [-0.25, -0.2) is 0 Å². The molecule has 1 aromatic rings. The Labute approximate surface area is 132 Å². The predicted molar refractivity (Wildman–Crippen MR) is 90.1 cm³/mol. The summed E-state index contributed by atoms with van der Waals surface area (Å²) in [6.07, 6.45) is 5.16. The number of nitrogens with one attached hydrogen (secondary N) is 1. The Morgan fingerprint density at radius 3 is 3.14 bits per heavy atom. The molecule has 0 spiro atoms. The quantitative estimate of drug-likeness (QED) is 0.794. The van der Waals surface area contributed by atoms with Gasteiger partial charge in [0, 0.05) is 30.4 Å². The summed E-state index contributed by atoms with van der Waals surface area (Å²) >= 11 is 0. The van der Waals surface area contributed by atoms with Gasteiger partial charge in [-0.1, -0.05) is 12.1 Å². The van der Waals surface area contributed by atoms with Crippen molar-refractivity contribution in [2.75, 3.05) is 18.4 Å². The Balaban J connectivity index is 2.01. The maximum atomic E-state index is 12.5. The van der Waals surface area contributed by atoms with Gasteiger partial charge in [0.15, 0.2) is 0 Å². The molecule has 2 rings (SSSR count). The highest BCUT2D eigenvalue weighted by molar-refractivity contribution is 5.95. The van der Waals surface area contributed by atoms with Gasteiger partial charge in [-0.15, -0.1) is 6.58 Å². The first-order chi connectivity index (χ1) is 10.6. The number of hydrogen-bond acceptors (Lipinski definition) is 3. The Hall–Kier alpha value is -1.81. The molecule has 120 valence electrons. The fraction of sp³-hybridized carbons (Fsp3) is 0.500. The highest BCUT2D eigenvalue weighted by Crippen LogP contribution is 2.18. The molecule has 0 bridgehead atoms. The fourth-order valence-electron chi connectivity index (χ4n) is 2.79. The number of hydrogen-bond donors (Lipinski definition) is 2. The number of carbonyl (C=O) groups excluding carboxylic acids is 1. The van der Waals surface area contributed by atoms with Crippen molar-refractivity contribution in [1.29, 1.82) is 0 Å². The molecule has 1 heterocycles. The van der Waals surface area contributed by atoms with Gasteiger partial charge in [-0.05, 0) is 50.8 Å². The standard InChI is InChI=1S/C18H26N2O2/c1-3-4-7-14(2)19-16-9-5-8-15(12-16)18(22)20-11-6-10-17(21)13-20/h3,5,8-9,12,14,17,19,21H,1,4,6-7,10-11,13H2,2H3/t14-,17-/m1/s1. The largest absolute Gasteiger partial charge is 0.391 e. The van der Waals surface area contributed by atoms with Crippen molar-refractivity contribution in [1.82, 2.24) is 4.90 Å². The van der Waals surface area contributed by atoms with Crippen molar-refractivity contribution in [3.05, 3.63) is 42.5 Å². The van der Waals surface area contributed by atoms with E-state index in [1.54, 1.807) is 4.90 Å². The van der Waals surface area contributed by atoms with Crippen LogP contribution in [-0.4, -0.2) is 41.1 Å². The van der Waals surface area contributed by atoms with Gasteiger partial charge < -0.3 is 15.3 Å². The number of aliphatic hydroxyl groups excluding tert-OH is 1. The van der Waals surface area contributed by atoms with Crippen molar-refractivity contribution in [2.24, 2.45) is 0 Å². The molecule has 1 amide bonds. The van der Waals surface area contributed by atoms with E-state index in [9.17, 15) is 9.90 Å². The lowest BCUT2D eigenvalue weighted by molar-refractivity contribution is 0.0474. The SMILES string of the molecule is C=CCC[C@@H](C)Nc1cccc(C(=O)N2CCC[C@@H](O)C2)c1. The van der Waals surface area contributed by atoms with Crippen LogP contribution in [-0.2, 0) is 0 Å². The number of anilines is 1. The number of allylic oxidation sites excluding steroid dienone is 1. The summed E-state index contributed by atoms with van der Waals surface area (Å²) in [4.78, 5) is 14.3. The zero-order valence-corrected chi connectivity index (χ0v) is 13.3. The van der Waals surface area contributed by atoms with Crippen molar-refractivity contribution in [3.63, 3.8) is 0 Å². The number of benzene rings is 1. The molecule has 1 fully saturated rings. The van der Waals surface area contributed by atoms with E-state index in [1.807, 2.05) is 30.3 Å². The van der Waals surface area contributed by atoms with Crippen LogP contribution in [0.5, 0.6) is 0 Å². The predicted octanol–water partition coefficient (Wildman–Crippen LogP) is 3.05. The van der Waals surface area contributed by atoms with Crippen molar-refractivity contribution >= 4 is 11.6 Å². The lowest BCUT2D eigenvalue weighted by atomic mass is 10.1. The van der Waals surface area contributed by atoms with E-state index in [0.717, 1.165) is 37.9 Å². The highest BCUT2D eigenvalue weighted by atomic mass is 16.3. The number of nitrogens with zero attached hydrogens (tertiary/aromatic N) is 1. The molecule has 1 aliphatic rings. The number of β-amino-alcohol motifs (C(OH)–C–C–N with tert-alkyl or cyclic N) is 1. The first kappa shape index (κ1) is 16.6. The second-order valence-electron chi connectivity index (χ2n) is 6.04. The molecule has 1 aromatic carbocycles. The number of carbonyl (C=O) groups is 1. The van der Waals surface area contributed by atoms with Crippen molar-refractivity contribution in [2.45, 2.75) is 44.8 Å². The van der Waals surface area contributed by atoms with E-state index < -0.39 is 6.10 Å². The molecule has 0 unspecified atom stereocenters. The smallest absolute Gasteiger partial charge is 0.254 e. The van der Waals surface area contributed by atoms with Crippen LogP contribution in [0.4, 0.5) is 5.69 Å². The molecule has 2 N–H and O–H groups in total. The summed E-state index contributed by atoms with van der Waals surface area (Å²) in [5.74, 6) is 0.00106. The number of aliphatic hydroxyl groups is 1. The second-order valence-corrected chi connectivity index (χ2v) is 6.04. The summed E-state index contributed by atoms with van der Waals surface area (Å²) in [5.41, 5.74) is 1.63. The summed E-state index contributed by atoms with van der Waals surface area (Å²) in [6, 6.07) is 7.94. The Bertz CT molecular complexity index is 516. The van der Waals surface area contributed by atoms with E-state index in [-0.39, 0.29) is 5.91 Å². The van der Waals surface area contributed by atoms with Crippen LogP contribution in [0.25, 0.3) is 0 Å². The average molecular weight is 302 g/mol. The Morgan fingerprint density at radius 1 is 1.59 bits per heavy atom. The van der Waals surface area contributed by atoms with Gasteiger partial charge in [-0.2, -0.15) is 0 Å². The van der Waals surface area contributed by atoms with Crippen molar-refractivity contribution < 1.29 is 9.90 Å². The third-order valence-corrected chi connectivity index (χ3v) is 4.01. The molecule has 0 aromatic heterocycles. The van der Waals surface area contributed by atoms with Gasteiger partial charge in [0.05, 0.1) is 6.10 Å². The average Bonchev–Trinajstić information content (AvgIpc) is 2.52. The summed E-state index contributed by atoms with van der Waals surface area (Å²) in [6.45, 7) is 7.02. The molecular weight excluding hydrogens is 276 g/mol. The molecule has 4 nitrogen and oxygen atoms in total. The Morgan fingerprint density at radius 2 is 2.41 bits per heavy atom. The molecular formula is C18H26N2O2. The normalized spacial score (nSPS) is 19.5. The van der Waals surface area contributed by atoms with Gasteiger partial charge in [0.25, 0.3) is 5.91 Å². The molecule has 0 aliphatic carbocycles. The van der Waals surface area contributed by atoms with Crippen LogP contribution >= 0.6 is 0 Å². The van der Waals surface area contributed by atoms with E-state index >= 15 is 0 Å². The van der Waals surface area contributed by atoms with E-state index in [0.29, 0.717) is 18.2 Å². The fourth-order valence-corrected chi connectivity index (χ4v) is 2.79. The summed E-state index contributed by atoms with van der Waals surface area (Å²) < 4.78 is 0. The van der Waals surface area contributed by atoms with Gasteiger partial charge in [0.2, 0.25) is 0 Å². The molecule has 0 radical (unpaired) electrons. The molecule has 1 saturated heterocycles. The third kappa shape index (κ3) is 4.60. The van der Waals surface area contributed by atoms with Gasteiger partial charge in [-0.3, -0.25) is 4.79 Å². The van der Waals surface area contributed by atoms with Gasteiger partial charge >= 0.3 is 0 Å². The summed E-state index contributed by atoms with van der Waals surface area (Å²) in [7, 11) is 0. The number of piperidine rings is 1. The molecule has 2 atom stereocenters. The highest BCUT2D eigenvalue weighted by Gasteiger charge is 2.23. The number of likely N-dealkylation sites (tertiary alicyclic amines) is 1. The van der Waals surface area contributed by atoms with Crippen LogP contribution in [0, 0.1) is 0 Å². The van der Waals surface area contributed by atoms with E-state index in [1.165, 1.54) is 0 Å². The topological polar surface area (TPSA) is 52.6 Å². The van der Waals surface area contributed by atoms with Gasteiger partial charge in [0.1, 0.15) is 0 Å².